The average Bonchev–Trinajstić information content (AvgIpc) is 3.00. The molecule has 0 saturated heterocycles. The van der Waals surface area contributed by atoms with Gasteiger partial charge in [0.25, 0.3) is 0 Å². The summed E-state index contributed by atoms with van der Waals surface area (Å²) in [5, 5.41) is 0. The molecule has 2 nitrogen and oxygen atoms in total. The third kappa shape index (κ3) is 1.73. The molecule has 0 aliphatic heterocycles. The first-order valence-corrected chi connectivity index (χ1v) is 5.02. The van der Waals surface area contributed by atoms with Crippen molar-refractivity contribution in [2.24, 2.45) is 11.7 Å². The fourth-order valence-corrected chi connectivity index (χ4v) is 1.73. The van der Waals surface area contributed by atoms with Crippen LogP contribution in [0.15, 0.2) is 18.3 Å². The molecular weight excluding hydrogens is 160 g/mol. The van der Waals surface area contributed by atoms with E-state index in [2.05, 4.69) is 18.0 Å². The van der Waals surface area contributed by atoms with Gasteiger partial charge in [-0.05, 0) is 36.8 Å². The Morgan fingerprint density at radius 2 is 2.38 bits per heavy atom. The summed E-state index contributed by atoms with van der Waals surface area (Å²) in [6.07, 6.45) is 5.43. The molecule has 1 atom stereocenters. The highest BCUT2D eigenvalue weighted by Crippen LogP contribution is 2.39. The van der Waals surface area contributed by atoms with Crippen molar-refractivity contribution >= 4 is 0 Å². The molecule has 1 aromatic heterocycles. The fraction of sp³-hybridized carbons (Fsp3) is 0.545. The maximum Gasteiger partial charge on any atom is 0.0605 e. The van der Waals surface area contributed by atoms with E-state index in [-0.39, 0.29) is 6.04 Å². The summed E-state index contributed by atoms with van der Waals surface area (Å²) >= 11 is 0. The van der Waals surface area contributed by atoms with E-state index < -0.39 is 0 Å². The van der Waals surface area contributed by atoms with Crippen LogP contribution in [0.2, 0.25) is 0 Å². The molecule has 1 saturated carbocycles. The standard InChI is InChI=1S/C11H16N2/c1-2-8-4-3-7-13-11(8)10(12)9-5-6-9/h3-4,7,9-10H,2,5-6,12H2,1H3. The van der Waals surface area contributed by atoms with Crippen LogP contribution in [0.1, 0.15) is 37.1 Å². The van der Waals surface area contributed by atoms with Gasteiger partial charge in [0.05, 0.1) is 11.7 Å². The summed E-state index contributed by atoms with van der Waals surface area (Å²) in [5.41, 5.74) is 8.54. The minimum Gasteiger partial charge on any atom is -0.322 e. The molecule has 0 bridgehead atoms. The van der Waals surface area contributed by atoms with Crippen LogP contribution in [0, 0.1) is 5.92 Å². The first kappa shape index (κ1) is 8.70. The van der Waals surface area contributed by atoms with Gasteiger partial charge in [-0.1, -0.05) is 13.0 Å². The number of rotatable bonds is 3. The van der Waals surface area contributed by atoms with Gasteiger partial charge >= 0.3 is 0 Å². The van der Waals surface area contributed by atoms with E-state index in [0.29, 0.717) is 5.92 Å². The Kier molecular flexibility index (Phi) is 2.32. The van der Waals surface area contributed by atoms with E-state index >= 15 is 0 Å². The van der Waals surface area contributed by atoms with E-state index in [1.54, 1.807) is 0 Å². The zero-order valence-corrected chi connectivity index (χ0v) is 8.03. The minimum absolute atomic E-state index is 0.177. The molecular formula is C11H16N2. The van der Waals surface area contributed by atoms with Crippen molar-refractivity contribution in [2.45, 2.75) is 32.2 Å². The number of hydrogen-bond acceptors (Lipinski definition) is 2. The van der Waals surface area contributed by atoms with Crippen molar-refractivity contribution in [1.29, 1.82) is 0 Å². The monoisotopic (exact) mass is 176 g/mol. The third-order valence-corrected chi connectivity index (χ3v) is 2.75. The van der Waals surface area contributed by atoms with Crippen molar-refractivity contribution in [3.05, 3.63) is 29.6 Å². The number of nitrogens with zero attached hydrogens (tertiary/aromatic N) is 1. The molecule has 2 N–H and O–H groups in total. The first-order valence-electron chi connectivity index (χ1n) is 5.02. The SMILES string of the molecule is CCc1cccnc1C(N)C1CC1. The molecule has 1 fully saturated rings. The van der Waals surface area contributed by atoms with Gasteiger partial charge in [-0.15, -0.1) is 0 Å². The topological polar surface area (TPSA) is 38.9 Å². The van der Waals surface area contributed by atoms with Crippen LogP contribution in [0.25, 0.3) is 0 Å². The summed E-state index contributed by atoms with van der Waals surface area (Å²) in [7, 11) is 0. The van der Waals surface area contributed by atoms with E-state index in [1.807, 2.05) is 12.3 Å². The van der Waals surface area contributed by atoms with Crippen molar-refractivity contribution in [3.8, 4) is 0 Å². The minimum atomic E-state index is 0.177. The molecule has 0 aromatic carbocycles. The smallest absolute Gasteiger partial charge is 0.0605 e. The number of pyridine rings is 1. The van der Waals surface area contributed by atoms with Crippen LogP contribution >= 0.6 is 0 Å². The van der Waals surface area contributed by atoms with Gasteiger partial charge in [0.2, 0.25) is 0 Å². The summed E-state index contributed by atoms with van der Waals surface area (Å²) in [4.78, 5) is 4.39. The van der Waals surface area contributed by atoms with Crippen LogP contribution in [0.5, 0.6) is 0 Å². The van der Waals surface area contributed by atoms with Crippen LogP contribution in [-0.2, 0) is 6.42 Å². The van der Waals surface area contributed by atoms with Gasteiger partial charge in [-0.25, -0.2) is 0 Å². The molecule has 1 heterocycles. The Morgan fingerprint density at radius 1 is 1.62 bits per heavy atom. The summed E-state index contributed by atoms with van der Waals surface area (Å²) < 4.78 is 0. The maximum absolute atomic E-state index is 6.11. The molecule has 0 amide bonds. The highest BCUT2D eigenvalue weighted by Gasteiger charge is 2.31. The second-order valence-electron chi connectivity index (χ2n) is 3.76. The molecule has 0 radical (unpaired) electrons. The van der Waals surface area contributed by atoms with Gasteiger partial charge in [0.15, 0.2) is 0 Å². The lowest BCUT2D eigenvalue weighted by molar-refractivity contribution is 0.607. The molecule has 2 rings (SSSR count). The van der Waals surface area contributed by atoms with Gasteiger partial charge in [-0.2, -0.15) is 0 Å². The predicted octanol–water partition coefficient (Wildman–Crippen LogP) is 2.05. The number of aryl methyl sites for hydroxylation is 1. The van der Waals surface area contributed by atoms with Gasteiger partial charge in [0.1, 0.15) is 0 Å². The van der Waals surface area contributed by atoms with E-state index in [0.717, 1.165) is 12.1 Å². The molecule has 1 aliphatic carbocycles. The second-order valence-corrected chi connectivity index (χ2v) is 3.76. The van der Waals surface area contributed by atoms with Crippen molar-refractivity contribution in [2.75, 3.05) is 0 Å². The number of aromatic nitrogens is 1. The lowest BCUT2D eigenvalue weighted by Gasteiger charge is -2.13. The Labute approximate surface area is 79.2 Å². The molecule has 70 valence electrons. The van der Waals surface area contributed by atoms with Crippen LogP contribution in [0.4, 0.5) is 0 Å². The largest absolute Gasteiger partial charge is 0.322 e. The normalized spacial score (nSPS) is 18.6. The van der Waals surface area contributed by atoms with Crippen LogP contribution < -0.4 is 5.73 Å². The highest BCUT2D eigenvalue weighted by atomic mass is 14.8. The Hall–Kier alpha value is -0.890. The Bertz CT molecular complexity index is 292. The molecule has 1 aromatic rings. The Morgan fingerprint density at radius 3 is 3.00 bits per heavy atom. The Balaban J connectivity index is 2.26. The van der Waals surface area contributed by atoms with Crippen molar-refractivity contribution < 1.29 is 0 Å². The van der Waals surface area contributed by atoms with Crippen LogP contribution in [-0.4, -0.2) is 4.98 Å². The van der Waals surface area contributed by atoms with E-state index in [9.17, 15) is 0 Å². The lowest BCUT2D eigenvalue weighted by atomic mass is 10.0. The second kappa shape index (κ2) is 3.46. The van der Waals surface area contributed by atoms with E-state index in [1.165, 1.54) is 18.4 Å². The zero-order valence-electron chi connectivity index (χ0n) is 8.03. The van der Waals surface area contributed by atoms with Crippen LogP contribution in [0.3, 0.4) is 0 Å². The highest BCUT2D eigenvalue weighted by molar-refractivity contribution is 5.23. The first-order chi connectivity index (χ1) is 6.33. The third-order valence-electron chi connectivity index (χ3n) is 2.75. The lowest BCUT2D eigenvalue weighted by Crippen LogP contribution is -2.16. The molecule has 1 aliphatic rings. The van der Waals surface area contributed by atoms with Crippen molar-refractivity contribution in [1.82, 2.24) is 4.98 Å². The van der Waals surface area contributed by atoms with Gasteiger partial charge in [0, 0.05) is 6.20 Å². The molecule has 0 spiro atoms. The zero-order chi connectivity index (χ0) is 9.26. The van der Waals surface area contributed by atoms with E-state index in [4.69, 9.17) is 5.73 Å². The summed E-state index contributed by atoms with van der Waals surface area (Å²) in [6, 6.07) is 4.29. The summed E-state index contributed by atoms with van der Waals surface area (Å²) in [6.45, 7) is 2.15. The molecule has 2 heteroatoms. The summed E-state index contributed by atoms with van der Waals surface area (Å²) in [5.74, 6) is 0.695. The van der Waals surface area contributed by atoms with Crippen molar-refractivity contribution in [3.63, 3.8) is 0 Å². The number of hydrogen-bond donors (Lipinski definition) is 1. The fourth-order valence-electron chi connectivity index (χ4n) is 1.73. The maximum atomic E-state index is 6.11. The van der Waals surface area contributed by atoms with Gasteiger partial charge in [-0.3, -0.25) is 4.98 Å². The quantitative estimate of drug-likeness (QED) is 0.765. The molecule has 1 unspecified atom stereocenters. The average molecular weight is 176 g/mol. The number of nitrogens with two attached hydrogens (primary N) is 1. The predicted molar refractivity (Wildman–Crippen MR) is 53.3 cm³/mol. The molecule has 13 heavy (non-hydrogen) atoms. The van der Waals surface area contributed by atoms with Gasteiger partial charge < -0.3 is 5.73 Å².